The number of rotatable bonds is 8. The topological polar surface area (TPSA) is 61.5 Å². The van der Waals surface area contributed by atoms with Gasteiger partial charge in [0.15, 0.2) is 0 Å². The Kier molecular flexibility index (Phi) is 7.95. The molecule has 0 amide bonds. The highest BCUT2D eigenvalue weighted by Gasteiger charge is 2.15. The van der Waals surface area contributed by atoms with Crippen molar-refractivity contribution in [2.24, 2.45) is 5.73 Å². The Hall–Kier alpha value is -0.870. The molecule has 0 aliphatic rings. The fraction of sp³-hybridized carbons (Fsp3) is 0.727. The molecule has 2 N–H and O–H groups in total. The van der Waals surface area contributed by atoms with Crippen LogP contribution in [0.3, 0.4) is 0 Å². The van der Waals surface area contributed by atoms with E-state index in [2.05, 4.69) is 6.58 Å². The second-order valence-corrected chi connectivity index (χ2v) is 3.60. The molecule has 0 heterocycles. The maximum atomic E-state index is 11.3. The number of ether oxygens (including phenoxy) is 2. The van der Waals surface area contributed by atoms with Gasteiger partial charge in [-0.3, -0.25) is 4.79 Å². The summed E-state index contributed by atoms with van der Waals surface area (Å²) in [7, 11) is 0. The third-order valence-corrected chi connectivity index (χ3v) is 1.69. The SMILES string of the molecule is C=CCOCCC[C@H](N)C(=O)OC(C)C. The molecule has 88 valence electrons. The first-order valence-electron chi connectivity index (χ1n) is 5.22. The number of carbonyl (C=O) groups excluding carboxylic acids is 1. The van der Waals surface area contributed by atoms with Gasteiger partial charge in [0.1, 0.15) is 6.04 Å². The van der Waals surface area contributed by atoms with E-state index in [9.17, 15) is 4.79 Å². The van der Waals surface area contributed by atoms with Gasteiger partial charge >= 0.3 is 5.97 Å². The van der Waals surface area contributed by atoms with Crippen molar-refractivity contribution in [2.45, 2.75) is 38.8 Å². The molecule has 0 saturated carbocycles. The second kappa shape index (κ2) is 8.44. The molecule has 4 nitrogen and oxygen atoms in total. The molecule has 0 fully saturated rings. The molecule has 0 aromatic heterocycles. The van der Waals surface area contributed by atoms with Crippen LogP contribution in [0.25, 0.3) is 0 Å². The van der Waals surface area contributed by atoms with Gasteiger partial charge in [-0.2, -0.15) is 0 Å². The molecule has 0 aromatic carbocycles. The summed E-state index contributed by atoms with van der Waals surface area (Å²) in [5.41, 5.74) is 5.63. The Morgan fingerprint density at radius 2 is 2.20 bits per heavy atom. The van der Waals surface area contributed by atoms with Crippen molar-refractivity contribution in [3.8, 4) is 0 Å². The summed E-state index contributed by atoms with van der Waals surface area (Å²) in [5, 5.41) is 0. The summed E-state index contributed by atoms with van der Waals surface area (Å²) in [5.74, 6) is -0.339. The lowest BCUT2D eigenvalue weighted by Gasteiger charge is -2.13. The first-order chi connectivity index (χ1) is 7.07. The van der Waals surface area contributed by atoms with Crippen LogP contribution >= 0.6 is 0 Å². The Morgan fingerprint density at radius 1 is 1.53 bits per heavy atom. The minimum absolute atomic E-state index is 0.111. The highest BCUT2D eigenvalue weighted by atomic mass is 16.5. The van der Waals surface area contributed by atoms with Gasteiger partial charge in [-0.25, -0.2) is 0 Å². The van der Waals surface area contributed by atoms with Gasteiger partial charge in [0, 0.05) is 6.61 Å². The molecule has 15 heavy (non-hydrogen) atoms. The van der Waals surface area contributed by atoms with E-state index in [0.29, 0.717) is 19.6 Å². The summed E-state index contributed by atoms with van der Waals surface area (Å²) in [6, 6.07) is -0.542. The van der Waals surface area contributed by atoms with Crippen molar-refractivity contribution in [2.75, 3.05) is 13.2 Å². The van der Waals surface area contributed by atoms with E-state index in [1.165, 1.54) is 0 Å². The molecule has 1 atom stereocenters. The van der Waals surface area contributed by atoms with E-state index in [1.807, 2.05) is 0 Å². The zero-order valence-electron chi connectivity index (χ0n) is 9.57. The van der Waals surface area contributed by atoms with Gasteiger partial charge in [0.05, 0.1) is 12.7 Å². The second-order valence-electron chi connectivity index (χ2n) is 3.60. The summed E-state index contributed by atoms with van der Waals surface area (Å²) in [6.45, 7) is 8.26. The molecule has 0 bridgehead atoms. The maximum Gasteiger partial charge on any atom is 0.323 e. The van der Waals surface area contributed by atoms with Crippen LogP contribution in [0.5, 0.6) is 0 Å². The van der Waals surface area contributed by atoms with Crippen LogP contribution in [-0.4, -0.2) is 31.3 Å². The summed E-state index contributed by atoms with van der Waals surface area (Å²) in [4.78, 5) is 11.3. The zero-order valence-corrected chi connectivity index (χ0v) is 9.57. The lowest BCUT2D eigenvalue weighted by Crippen LogP contribution is -2.34. The van der Waals surface area contributed by atoms with Gasteiger partial charge in [-0.1, -0.05) is 6.08 Å². The predicted octanol–water partition coefficient (Wildman–Crippen LogP) is 1.25. The third-order valence-electron chi connectivity index (χ3n) is 1.69. The number of nitrogens with two attached hydrogens (primary N) is 1. The quantitative estimate of drug-likeness (QED) is 0.376. The molecule has 0 aromatic rings. The third kappa shape index (κ3) is 8.15. The van der Waals surface area contributed by atoms with Gasteiger partial charge in [0.25, 0.3) is 0 Å². The summed E-state index contributed by atoms with van der Waals surface area (Å²) < 4.78 is 10.1. The minimum atomic E-state index is -0.542. The van der Waals surface area contributed by atoms with Crippen LogP contribution in [-0.2, 0) is 14.3 Å². The Morgan fingerprint density at radius 3 is 2.73 bits per heavy atom. The van der Waals surface area contributed by atoms with Gasteiger partial charge in [-0.15, -0.1) is 6.58 Å². The normalized spacial score (nSPS) is 12.5. The van der Waals surface area contributed by atoms with Gasteiger partial charge < -0.3 is 15.2 Å². The molecule has 4 heteroatoms. The predicted molar refractivity (Wildman–Crippen MR) is 59.5 cm³/mol. The van der Waals surface area contributed by atoms with Crippen LogP contribution < -0.4 is 5.73 Å². The maximum absolute atomic E-state index is 11.3. The monoisotopic (exact) mass is 215 g/mol. The van der Waals surface area contributed by atoms with Crippen molar-refractivity contribution in [1.29, 1.82) is 0 Å². The van der Waals surface area contributed by atoms with Crippen molar-refractivity contribution < 1.29 is 14.3 Å². The Balaban J connectivity index is 3.51. The first kappa shape index (κ1) is 14.1. The fourth-order valence-electron chi connectivity index (χ4n) is 1.01. The number of hydrogen-bond acceptors (Lipinski definition) is 4. The summed E-state index contributed by atoms with van der Waals surface area (Å²) in [6.07, 6.45) is 2.92. The van der Waals surface area contributed by atoms with Crippen LogP contribution in [0.15, 0.2) is 12.7 Å². The van der Waals surface area contributed by atoms with E-state index in [1.54, 1.807) is 19.9 Å². The van der Waals surface area contributed by atoms with Crippen LogP contribution in [0.2, 0.25) is 0 Å². The number of hydrogen-bond donors (Lipinski definition) is 1. The van der Waals surface area contributed by atoms with E-state index in [0.717, 1.165) is 6.42 Å². The lowest BCUT2D eigenvalue weighted by atomic mass is 10.2. The Bertz CT molecular complexity index is 192. The zero-order chi connectivity index (χ0) is 11.7. The molecule has 0 aliphatic heterocycles. The van der Waals surface area contributed by atoms with Gasteiger partial charge in [-0.05, 0) is 26.7 Å². The number of carbonyl (C=O) groups is 1. The van der Waals surface area contributed by atoms with E-state index >= 15 is 0 Å². The van der Waals surface area contributed by atoms with E-state index in [-0.39, 0.29) is 12.1 Å². The van der Waals surface area contributed by atoms with Crippen molar-refractivity contribution >= 4 is 5.97 Å². The highest BCUT2D eigenvalue weighted by Crippen LogP contribution is 2.00. The molecular weight excluding hydrogens is 194 g/mol. The molecule has 0 rings (SSSR count). The molecule has 0 radical (unpaired) electrons. The van der Waals surface area contributed by atoms with E-state index in [4.69, 9.17) is 15.2 Å². The average molecular weight is 215 g/mol. The smallest absolute Gasteiger partial charge is 0.323 e. The molecule has 0 saturated heterocycles. The standard InChI is InChI=1S/C11H21NO3/c1-4-7-14-8-5-6-10(12)11(13)15-9(2)3/h4,9-10H,1,5-8,12H2,2-3H3/t10-/m0/s1. The Labute approximate surface area is 91.4 Å². The minimum Gasteiger partial charge on any atom is -0.462 e. The lowest BCUT2D eigenvalue weighted by molar-refractivity contribution is -0.149. The van der Waals surface area contributed by atoms with Crippen LogP contribution in [0.4, 0.5) is 0 Å². The molecule has 0 unspecified atom stereocenters. The largest absolute Gasteiger partial charge is 0.462 e. The summed E-state index contributed by atoms with van der Waals surface area (Å²) >= 11 is 0. The van der Waals surface area contributed by atoms with Gasteiger partial charge in [0.2, 0.25) is 0 Å². The first-order valence-corrected chi connectivity index (χ1v) is 5.22. The van der Waals surface area contributed by atoms with Crippen LogP contribution in [0, 0.1) is 0 Å². The highest BCUT2D eigenvalue weighted by molar-refractivity contribution is 5.75. The van der Waals surface area contributed by atoms with Crippen molar-refractivity contribution in [3.05, 3.63) is 12.7 Å². The van der Waals surface area contributed by atoms with E-state index < -0.39 is 6.04 Å². The van der Waals surface area contributed by atoms with Crippen LogP contribution in [0.1, 0.15) is 26.7 Å². The average Bonchev–Trinajstić information content (AvgIpc) is 2.16. The molecule has 0 spiro atoms. The van der Waals surface area contributed by atoms with Crippen molar-refractivity contribution in [3.63, 3.8) is 0 Å². The fourth-order valence-corrected chi connectivity index (χ4v) is 1.01. The van der Waals surface area contributed by atoms with Crippen molar-refractivity contribution in [1.82, 2.24) is 0 Å². The number of esters is 1. The molecular formula is C11H21NO3. The molecule has 0 aliphatic carbocycles.